The Kier molecular flexibility index (Phi) is 13.7. The predicted molar refractivity (Wildman–Crippen MR) is 202 cm³/mol. The van der Waals surface area contributed by atoms with Gasteiger partial charge in [-0.15, -0.1) is 0 Å². The summed E-state index contributed by atoms with van der Waals surface area (Å²) in [6.07, 6.45) is 0. The van der Waals surface area contributed by atoms with Crippen molar-refractivity contribution in [1.82, 2.24) is 9.80 Å². The first kappa shape index (κ1) is 36.7. The van der Waals surface area contributed by atoms with Gasteiger partial charge in [0.15, 0.2) is 0 Å². The first-order valence-corrected chi connectivity index (χ1v) is 18.2. The van der Waals surface area contributed by atoms with Crippen molar-refractivity contribution in [1.29, 1.82) is 0 Å². The lowest BCUT2D eigenvalue weighted by Crippen LogP contribution is -2.48. The number of guanidine groups is 1. The van der Waals surface area contributed by atoms with Crippen molar-refractivity contribution < 1.29 is 22.1 Å². The second kappa shape index (κ2) is 19.0. The third-order valence-electron chi connectivity index (χ3n) is 8.15. The third kappa shape index (κ3) is 13.0. The van der Waals surface area contributed by atoms with Crippen LogP contribution in [0.5, 0.6) is 0 Å². The SMILES string of the molecule is O=S(=O)([O-])O.c1ccc(CN(Cc2ccccc2)C(N(Cc2ccccc2)Cc2ccccc2)=[N+](Cc2ccccc2)Cc2ccccc2)cc1. The molecule has 0 heterocycles. The lowest BCUT2D eigenvalue weighted by Gasteiger charge is -2.32. The molecular formula is C43H43N3O4S. The zero-order chi connectivity index (χ0) is 35.7. The third-order valence-corrected chi connectivity index (χ3v) is 8.15. The van der Waals surface area contributed by atoms with Crippen molar-refractivity contribution in [3.8, 4) is 0 Å². The van der Waals surface area contributed by atoms with Crippen LogP contribution in [0.25, 0.3) is 0 Å². The molecule has 0 aromatic heterocycles. The molecule has 0 amide bonds. The van der Waals surface area contributed by atoms with Gasteiger partial charge in [-0.25, -0.2) is 8.42 Å². The first-order chi connectivity index (χ1) is 24.8. The fourth-order valence-corrected chi connectivity index (χ4v) is 6.01. The van der Waals surface area contributed by atoms with Crippen molar-refractivity contribution in [2.75, 3.05) is 0 Å². The van der Waals surface area contributed by atoms with Gasteiger partial charge in [0.25, 0.3) is 0 Å². The molecule has 260 valence electrons. The minimum Gasteiger partial charge on any atom is -0.726 e. The lowest BCUT2D eigenvalue weighted by molar-refractivity contribution is -0.570. The van der Waals surface area contributed by atoms with Gasteiger partial charge in [0.1, 0.15) is 0 Å². The molecule has 51 heavy (non-hydrogen) atoms. The molecule has 0 aliphatic rings. The van der Waals surface area contributed by atoms with Crippen molar-refractivity contribution in [3.05, 3.63) is 215 Å². The van der Waals surface area contributed by atoms with E-state index in [1.54, 1.807) is 0 Å². The van der Waals surface area contributed by atoms with Crippen LogP contribution in [0.2, 0.25) is 0 Å². The highest BCUT2D eigenvalue weighted by Gasteiger charge is 2.31. The van der Waals surface area contributed by atoms with E-state index in [9.17, 15) is 0 Å². The van der Waals surface area contributed by atoms with E-state index in [1.807, 2.05) is 0 Å². The summed E-state index contributed by atoms with van der Waals surface area (Å²) in [5.74, 6) is 1.22. The molecule has 0 radical (unpaired) electrons. The molecule has 0 fully saturated rings. The van der Waals surface area contributed by atoms with E-state index in [0.717, 1.165) is 39.3 Å². The Labute approximate surface area is 302 Å². The van der Waals surface area contributed by atoms with E-state index < -0.39 is 10.4 Å². The Morgan fingerprint density at radius 3 is 0.843 bits per heavy atom. The molecular weight excluding hydrogens is 655 g/mol. The summed E-state index contributed by atoms with van der Waals surface area (Å²) in [5, 5.41) is 0. The smallest absolute Gasteiger partial charge is 0.352 e. The number of rotatable bonds is 12. The van der Waals surface area contributed by atoms with Crippen LogP contribution >= 0.6 is 0 Å². The van der Waals surface area contributed by atoms with Crippen LogP contribution in [0.1, 0.15) is 33.4 Å². The maximum Gasteiger partial charge on any atom is 0.352 e. The van der Waals surface area contributed by atoms with Crippen LogP contribution in [0.3, 0.4) is 0 Å². The minimum atomic E-state index is -4.92. The average molecular weight is 698 g/mol. The van der Waals surface area contributed by atoms with Crippen molar-refractivity contribution >= 4 is 16.4 Å². The van der Waals surface area contributed by atoms with Gasteiger partial charge >= 0.3 is 5.96 Å². The number of hydrogen-bond acceptors (Lipinski definition) is 3. The van der Waals surface area contributed by atoms with E-state index in [1.165, 1.54) is 39.3 Å². The summed E-state index contributed by atoms with van der Waals surface area (Å²) >= 11 is 0. The molecule has 0 unspecified atom stereocenters. The van der Waals surface area contributed by atoms with Crippen molar-refractivity contribution in [2.24, 2.45) is 0 Å². The van der Waals surface area contributed by atoms with E-state index in [0.29, 0.717) is 0 Å². The summed E-state index contributed by atoms with van der Waals surface area (Å²) < 4.78 is 35.4. The van der Waals surface area contributed by atoms with Gasteiger partial charge in [0.05, 0.1) is 39.3 Å². The molecule has 0 bridgehead atoms. The van der Waals surface area contributed by atoms with Crippen LogP contribution < -0.4 is 0 Å². The maximum absolute atomic E-state index is 8.63. The highest BCUT2D eigenvalue weighted by atomic mass is 32.3. The van der Waals surface area contributed by atoms with Crippen molar-refractivity contribution in [3.63, 3.8) is 0 Å². The van der Waals surface area contributed by atoms with Crippen LogP contribution in [-0.4, -0.2) is 37.9 Å². The molecule has 0 aliphatic carbocycles. The zero-order valence-corrected chi connectivity index (χ0v) is 29.3. The lowest BCUT2D eigenvalue weighted by atomic mass is 10.1. The molecule has 6 aromatic rings. The molecule has 0 saturated heterocycles. The Balaban J connectivity index is 0.000000943. The van der Waals surface area contributed by atoms with Gasteiger partial charge < -0.3 is 4.55 Å². The predicted octanol–water partition coefficient (Wildman–Crippen LogP) is 8.16. The van der Waals surface area contributed by atoms with Gasteiger partial charge in [0, 0.05) is 0 Å². The molecule has 1 N–H and O–H groups in total. The Morgan fingerprint density at radius 2 is 0.627 bits per heavy atom. The first-order valence-electron chi connectivity index (χ1n) is 16.8. The molecule has 8 heteroatoms. The Morgan fingerprint density at radius 1 is 0.431 bits per heavy atom. The quantitative estimate of drug-likeness (QED) is 0.0457. The molecule has 0 spiro atoms. The van der Waals surface area contributed by atoms with E-state index in [2.05, 4.69) is 196 Å². The summed E-state index contributed by atoms with van der Waals surface area (Å²) in [5.41, 5.74) is 7.72. The normalized spacial score (nSPS) is 10.8. The van der Waals surface area contributed by atoms with E-state index >= 15 is 0 Å². The monoisotopic (exact) mass is 697 g/mol. The second-order valence-corrected chi connectivity index (χ2v) is 13.1. The van der Waals surface area contributed by atoms with E-state index in [4.69, 9.17) is 17.5 Å². The van der Waals surface area contributed by atoms with Crippen LogP contribution in [0.4, 0.5) is 0 Å². The van der Waals surface area contributed by atoms with E-state index in [-0.39, 0.29) is 0 Å². The highest BCUT2D eigenvalue weighted by Crippen LogP contribution is 2.20. The topological polar surface area (TPSA) is 86.9 Å². The van der Waals surface area contributed by atoms with Gasteiger partial charge in [-0.3, -0.25) is 18.9 Å². The summed E-state index contributed by atoms with van der Waals surface area (Å²) in [7, 11) is -4.92. The van der Waals surface area contributed by atoms with Gasteiger partial charge in [-0.05, 0) is 33.4 Å². The number of hydrogen-bond donors (Lipinski definition) is 1. The second-order valence-electron chi connectivity index (χ2n) is 12.2. The van der Waals surface area contributed by atoms with Crippen LogP contribution in [-0.2, 0) is 49.7 Å². The standard InChI is InChI=1S/C43H42N3.H2O4S/c1-7-19-37(20-8-1)31-44(32-38-21-9-2-10-22-38)43(45(33-39-23-11-3-12-24-39)34-40-25-13-4-14-26-40)46(35-41-27-15-5-16-28-41)36-42-29-17-6-18-30-42;1-5(2,3)4/h1-30H,31-36H2;(H2,1,2,3,4)/q+1;/p-1. The Bertz CT molecular complexity index is 1790. The largest absolute Gasteiger partial charge is 0.726 e. The van der Waals surface area contributed by atoms with Gasteiger partial charge in [-0.2, -0.15) is 0 Å². The van der Waals surface area contributed by atoms with Crippen molar-refractivity contribution in [2.45, 2.75) is 39.3 Å². The molecule has 0 aliphatic heterocycles. The number of nitrogens with zero attached hydrogens (tertiary/aromatic N) is 3. The van der Waals surface area contributed by atoms with Gasteiger partial charge in [-0.1, -0.05) is 182 Å². The molecule has 0 atom stereocenters. The molecule has 6 aromatic carbocycles. The minimum absolute atomic E-state index is 0.783. The highest BCUT2D eigenvalue weighted by molar-refractivity contribution is 7.79. The summed E-state index contributed by atoms with van der Waals surface area (Å²) in [6.45, 7) is 4.70. The molecule has 0 saturated carbocycles. The fourth-order valence-electron chi connectivity index (χ4n) is 6.01. The maximum atomic E-state index is 8.63. The fraction of sp³-hybridized carbons (Fsp3) is 0.140. The zero-order valence-electron chi connectivity index (χ0n) is 28.5. The summed E-state index contributed by atoms with van der Waals surface area (Å²) in [4.78, 5) is 5.17. The number of benzene rings is 6. The molecule has 7 nitrogen and oxygen atoms in total. The van der Waals surface area contributed by atoms with Gasteiger partial charge in [0.2, 0.25) is 10.4 Å². The molecule has 6 rings (SSSR count). The summed E-state index contributed by atoms with van der Waals surface area (Å²) in [6, 6.07) is 65.3. The Hall–Kier alpha value is -5.54. The van der Waals surface area contributed by atoms with Crippen LogP contribution in [0, 0.1) is 0 Å². The van der Waals surface area contributed by atoms with Crippen LogP contribution in [0.15, 0.2) is 182 Å². The average Bonchev–Trinajstić information content (AvgIpc) is 3.13.